The van der Waals surface area contributed by atoms with Gasteiger partial charge in [-0.3, -0.25) is 0 Å². The molecule has 1 saturated heterocycles. The van der Waals surface area contributed by atoms with Crippen LogP contribution in [0.25, 0.3) is 0 Å². The maximum atomic E-state index is 13.3. The van der Waals surface area contributed by atoms with Crippen LogP contribution in [0, 0.1) is 39.7 Å². The third-order valence-electron chi connectivity index (χ3n) is 10.3. The molecule has 1 aromatic heterocycles. The van der Waals surface area contributed by atoms with E-state index in [1.165, 1.54) is 43.4 Å². The Morgan fingerprint density at radius 2 is 1.90 bits per heavy atom. The van der Waals surface area contributed by atoms with Crippen LogP contribution in [0.1, 0.15) is 65.2 Å². The summed E-state index contributed by atoms with van der Waals surface area (Å²) in [7, 11) is -1.48. The zero-order valence-electron chi connectivity index (χ0n) is 19.2. The van der Waals surface area contributed by atoms with Gasteiger partial charge in [-0.25, -0.2) is 13.1 Å². The Hall–Kier alpha value is -0.470. The van der Waals surface area contributed by atoms with Gasteiger partial charge in [-0.2, -0.15) is 0 Å². The lowest BCUT2D eigenvalue weighted by Crippen LogP contribution is -2.65. The number of rotatable bonds is 4. The maximum absolute atomic E-state index is 13.3. The largest absolute Gasteiger partial charge is 0.633 e. The van der Waals surface area contributed by atoms with Gasteiger partial charge in [-0.15, -0.1) is 11.3 Å². The average molecular weight is 467 g/mol. The van der Waals surface area contributed by atoms with Gasteiger partial charge in [0.05, 0.1) is 19.6 Å². The predicted octanol–water partition coefficient (Wildman–Crippen LogP) is 4.99. The number of hydrogen-bond acceptors (Lipinski definition) is 4. The van der Waals surface area contributed by atoms with Crippen molar-refractivity contribution in [3.63, 3.8) is 0 Å². The molecule has 5 nitrogen and oxygen atoms in total. The first kappa shape index (κ1) is 22.3. The van der Waals surface area contributed by atoms with E-state index >= 15 is 0 Å². The fraction of sp³-hybridized carbons (Fsp3) is 0.833. The molecule has 4 fully saturated rings. The lowest BCUT2D eigenvalue weighted by molar-refractivity contribution is -0.903. The minimum Gasteiger partial charge on any atom is -0.633 e. The molecule has 7 heteroatoms. The van der Waals surface area contributed by atoms with Gasteiger partial charge >= 0.3 is 0 Å². The average Bonchev–Trinajstić information content (AvgIpc) is 3.34. The van der Waals surface area contributed by atoms with E-state index in [0.29, 0.717) is 34.4 Å². The molecule has 0 bridgehead atoms. The number of fused-ring (bicyclic) bond motifs is 5. The van der Waals surface area contributed by atoms with Crippen molar-refractivity contribution in [2.45, 2.75) is 75.5 Å². The Morgan fingerprint density at radius 1 is 1.13 bits per heavy atom. The molecule has 0 amide bonds. The molecule has 1 aliphatic heterocycles. The van der Waals surface area contributed by atoms with Gasteiger partial charge in [0.1, 0.15) is 4.21 Å². The van der Waals surface area contributed by atoms with E-state index in [-0.39, 0.29) is 21.5 Å². The summed E-state index contributed by atoms with van der Waals surface area (Å²) in [5.74, 6) is 2.45. The molecule has 31 heavy (non-hydrogen) atoms. The standard InChI is InChI=1S/C24H38N2O3S2/c1-23-13-11-20-18(8-10-21-24(20,2)12-5-14-26(21,3)27)19(23)9-7-17(23)16-25-31(28,29)22-6-4-15-30-22/h4,6,15,17-21,25H,5,7-14,16H2,1-3H3/t17?,18-,19-,20-,21+,23+,24+,26?/m0/s1. The van der Waals surface area contributed by atoms with Crippen molar-refractivity contribution in [1.29, 1.82) is 0 Å². The second-order valence-corrected chi connectivity index (χ2v) is 14.5. The summed E-state index contributed by atoms with van der Waals surface area (Å²) >= 11 is 1.28. The zero-order chi connectivity index (χ0) is 22.1. The lowest BCUT2D eigenvalue weighted by Gasteiger charge is -2.65. The molecule has 5 rings (SSSR count). The van der Waals surface area contributed by atoms with Crippen LogP contribution in [-0.4, -0.2) is 39.2 Å². The van der Waals surface area contributed by atoms with Crippen molar-refractivity contribution in [3.8, 4) is 0 Å². The number of thiophene rings is 1. The van der Waals surface area contributed by atoms with E-state index in [4.69, 9.17) is 0 Å². The summed E-state index contributed by atoms with van der Waals surface area (Å²) in [6.45, 7) is 6.21. The molecule has 3 aliphatic carbocycles. The summed E-state index contributed by atoms with van der Waals surface area (Å²) in [5.41, 5.74) is 0.393. The van der Waals surface area contributed by atoms with Crippen LogP contribution in [0.2, 0.25) is 0 Å². The van der Waals surface area contributed by atoms with Gasteiger partial charge in [-0.05, 0) is 85.5 Å². The summed E-state index contributed by atoms with van der Waals surface area (Å²) in [5, 5.41) is 15.1. The highest BCUT2D eigenvalue weighted by atomic mass is 32.2. The van der Waals surface area contributed by atoms with Crippen LogP contribution in [0.3, 0.4) is 0 Å². The molecule has 174 valence electrons. The first-order valence-electron chi connectivity index (χ1n) is 12.2. The normalized spacial score (nSPS) is 47.4. The monoisotopic (exact) mass is 466 g/mol. The molecule has 3 saturated carbocycles. The highest BCUT2D eigenvalue weighted by Crippen LogP contribution is 2.66. The number of sulfonamides is 1. The van der Waals surface area contributed by atoms with Crippen molar-refractivity contribution >= 4 is 21.4 Å². The fourth-order valence-electron chi connectivity index (χ4n) is 8.76. The van der Waals surface area contributed by atoms with Gasteiger partial charge in [0.2, 0.25) is 10.0 Å². The first-order chi connectivity index (χ1) is 14.6. The molecule has 2 heterocycles. The fourth-order valence-corrected chi connectivity index (χ4v) is 10.9. The topological polar surface area (TPSA) is 69.2 Å². The van der Waals surface area contributed by atoms with Gasteiger partial charge < -0.3 is 9.85 Å². The molecule has 4 aliphatic rings. The van der Waals surface area contributed by atoms with E-state index in [1.54, 1.807) is 12.1 Å². The Bertz CT molecular complexity index is 915. The maximum Gasteiger partial charge on any atom is 0.250 e. The molecule has 0 aromatic carbocycles. The van der Waals surface area contributed by atoms with E-state index < -0.39 is 10.0 Å². The Kier molecular flexibility index (Phi) is 5.42. The summed E-state index contributed by atoms with van der Waals surface area (Å²) < 4.78 is 28.7. The number of quaternary nitrogens is 1. The second kappa shape index (κ2) is 7.52. The summed E-state index contributed by atoms with van der Waals surface area (Å²) in [6, 6.07) is 3.74. The van der Waals surface area contributed by atoms with Crippen LogP contribution in [-0.2, 0) is 10.0 Å². The van der Waals surface area contributed by atoms with Crippen LogP contribution in [0.15, 0.2) is 21.7 Å². The molecule has 8 atom stereocenters. The highest BCUT2D eigenvalue weighted by Gasteiger charge is 2.62. The van der Waals surface area contributed by atoms with Crippen molar-refractivity contribution in [3.05, 3.63) is 22.7 Å². The third-order valence-corrected chi connectivity index (χ3v) is 13.1. The van der Waals surface area contributed by atoms with Crippen LogP contribution in [0.5, 0.6) is 0 Å². The molecule has 2 unspecified atom stereocenters. The van der Waals surface area contributed by atoms with Crippen molar-refractivity contribution < 1.29 is 13.1 Å². The SMILES string of the molecule is C[C@]12CCC[N+](C)([O-])[C@@H]1CC[C@@H]1[C@@H]2CC[C@]2(C)C(CNS(=O)(=O)c3cccs3)CC[C@@H]12. The highest BCUT2D eigenvalue weighted by molar-refractivity contribution is 7.91. The number of piperidine rings is 1. The quantitative estimate of drug-likeness (QED) is 0.502. The minimum absolute atomic E-state index is 0.0330. The molecule has 0 spiro atoms. The van der Waals surface area contributed by atoms with E-state index in [2.05, 4.69) is 18.6 Å². The Balaban J connectivity index is 1.33. The lowest BCUT2D eigenvalue weighted by atomic mass is 9.47. The number of nitrogens with one attached hydrogen (secondary N) is 1. The molecule has 1 aromatic rings. The number of likely N-dealkylation sites (tertiary alicyclic amines) is 1. The first-order valence-corrected chi connectivity index (χ1v) is 14.5. The number of hydroxylamine groups is 3. The molecular formula is C24H38N2O3S2. The molecular weight excluding hydrogens is 428 g/mol. The Morgan fingerprint density at radius 3 is 2.65 bits per heavy atom. The molecule has 1 N–H and O–H groups in total. The number of nitrogens with zero attached hydrogens (tertiary/aromatic N) is 1. The van der Waals surface area contributed by atoms with Gasteiger partial charge in [-0.1, -0.05) is 19.9 Å². The predicted molar refractivity (Wildman–Crippen MR) is 125 cm³/mol. The van der Waals surface area contributed by atoms with E-state index in [1.807, 2.05) is 12.4 Å². The van der Waals surface area contributed by atoms with Gasteiger partial charge in [0, 0.05) is 18.4 Å². The third kappa shape index (κ3) is 3.45. The second-order valence-electron chi connectivity index (χ2n) is 11.6. The van der Waals surface area contributed by atoms with Gasteiger partial charge in [0.15, 0.2) is 0 Å². The molecule has 0 radical (unpaired) electrons. The van der Waals surface area contributed by atoms with Crippen molar-refractivity contribution in [2.75, 3.05) is 20.1 Å². The van der Waals surface area contributed by atoms with E-state index in [9.17, 15) is 13.6 Å². The van der Waals surface area contributed by atoms with E-state index in [0.717, 1.165) is 25.8 Å². The van der Waals surface area contributed by atoms with Crippen LogP contribution in [0.4, 0.5) is 0 Å². The minimum atomic E-state index is -3.40. The summed E-state index contributed by atoms with van der Waals surface area (Å²) in [4.78, 5) is 0. The van der Waals surface area contributed by atoms with Crippen LogP contribution < -0.4 is 4.72 Å². The van der Waals surface area contributed by atoms with Crippen molar-refractivity contribution in [2.24, 2.45) is 34.5 Å². The van der Waals surface area contributed by atoms with Crippen molar-refractivity contribution in [1.82, 2.24) is 4.72 Å². The smallest absolute Gasteiger partial charge is 0.250 e. The Labute approximate surface area is 191 Å². The number of hydrogen-bond donors (Lipinski definition) is 1. The zero-order valence-corrected chi connectivity index (χ0v) is 20.8. The summed E-state index contributed by atoms with van der Waals surface area (Å²) in [6.07, 6.45) is 9.25. The van der Waals surface area contributed by atoms with Gasteiger partial charge in [0.25, 0.3) is 0 Å². The van der Waals surface area contributed by atoms with Crippen LogP contribution >= 0.6 is 11.3 Å².